The summed E-state index contributed by atoms with van der Waals surface area (Å²) in [6.07, 6.45) is 6.18. The quantitative estimate of drug-likeness (QED) is 0.581. The number of ether oxygens (including phenoxy) is 1. The summed E-state index contributed by atoms with van der Waals surface area (Å²) in [5.74, 6) is 0.418. The fourth-order valence-electron chi connectivity index (χ4n) is 2.96. The first-order valence-corrected chi connectivity index (χ1v) is 7.32. The molecule has 0 aliphatic heterocycles. The molecule has 1 rings (SSSR count). The molecule has 0 heterocycles. The maximum absolute atomic E-state index is 11.6. The third kappa shape index (κ3) is 4.58. The first-order valence-electron chi connectivity index (χ1n) is 7.32. The van der Waals surface area contributed by atoms with E-state index in [2.05, 4.69) is 11.8 Å². The fourth-order valence-corrected chi connectivity index (χ4v) is 2.96. The van der Waals surface area contributed by atoms with Crippen LogP contribution in [0.3, 0.4) is 0 Å². The van der Waals surface area contributed by atoms with Gasteiger partial charge in [-0.1, -0.05) is 26.2 Å². The average Bonchev–Trinajstić information content (AvgIpc) is 2.61. The summed E-state index contributed by atoms with van der Waals surface area (Å²) in [5, 5.41) is 0. The molecule has 1 aliphatic carbocycles. The maximum Gasteiger partial charge on any atom is 0.320 e. The molecule has 2 unspecified atom stereocenters. The molecule has 0 bridgehead atoms. The normalized spacial score (nSPS) is 24.9. The summed E-state index contributed by atoms with van der Waals surface area (Å²) in [6, 6.07) is 0.451. The zero-order valence-electron chi connectivity index (χ0n) is 11.9. The van der Waals surface area contributed by atoms with Crippen molar-refractivity contribution in [3.05, 3.63) is 0 Å². The van der Waals surface area contributed by atoms with Gasteiger partial charge in [-0.05, 0) is 38.8 Å². The van der Waals surface area contributed by atoms with Gasteiger partial charge in [0.15, 0.2) is 0 Å². The monoisotopic (exact) mass is 256 g/mol. The van der Waals surface area contributed by atoms with Gasteiger partial charge < -0.3 is 10.5 Å². The summed E-state index contributed by atoms with van der Waals surface area (Å²) in [6.45, 7) is 6.44. The molecule has 0 aromatic heterocycles. The maximum atomic E-state index is 11.6. The first-order chi connectivity index (χ1) is 8.72. The zero-order chi connectivity index (χ0) is 13.4. The van der Waals surface area contributed by atoms with Crippen LogP contribution in [0.5, 0.6) is 0 Å². The summed E-state index contributed by atoms with van der Waals surface area (Å²) in [4.78, 5) is 13.9. The molecule has 2 N–H and O–H groups in total. The molecular formula is C14H28N2O2. The van der Waals surface area contributed by atoms with Crippen molar-refractivity contribution >= 4 is 5.97 Å². The molecule has 0 spiro atoms. The summed E-state index contributed by atoms with van der Waals surface area (Å²) >= 11 is 0. The van der Waals surface area contributed by atoms with Crippen LogP contribution in [0.2, 0.25) is 0 Å². The van der Waals surface area contributed by atoms with Gasteiger partial charge in [-0.2, -0.15) is 0 Å². The van der Waals surface area contributed by atoms with Crippen LogP contribution in [0, 0.1) is 5.92 Å². The predicted octanol–water partition coefficient (Wildman–Crippen LogP) is 1.78. The van der Waals surface area contributed by atoms with Crippen molar-refractivity contribution in [2.45, 2.75) is 52.0 Å². The lowest BCUT2D eigenvalue weighted by molar-refractivity contribution is -0.145. The van der Waals surface area contributed by atoms with E-state index in [0.29, 0.717) is 25.1 Å². The molecule has 0 aromatic carbocycles. The Bertz CT molecular complexity index is 246. The van der Waals surface area contributed by atoms with Gasteiger partial charge in [-0.3, -0.25) is 9.69 Å². The van der Waals surface area contributed by atoms with E-state index in [-0.39, 0.29) is 5.97 Å². The topological polar surface area (TPSA) is 55.6 Å². The van der Waals surface area contributed by atoms with Gasteiger partial charge in [0, 0.05) is 6.04 Å². The zero-order valence-corrected chi connectivity index (χ0v) is 11.9. The van der Waals surface area contributed by atoms with E-state index >= 15 is 0 Å². The number of likely N-dealkylation sites (N-methyl/N-ethyl adjacent to an activating group) is 1. The molecule has 18 heavy (non-hydrogen) atoms. The first kappa shape index (κ1) is 15.4. The molecule has 4 heteroatoms. The van der Waals surface area contributed by atoms with Crippen LogP contribution in [0.1, 0.15) is 46.0 Å². The van der Waals surface area contributed by atoms with Gasteiger partial charge in [0.05, 0.1) is 13.2 Å². The van der Waals surface area contributed by atoms with Gasteiger partial charge >= 0.3 is 5.97 Å². The molecule has 1 saturated carbocycles. The van der Waals surface area contributed by atoms with Gasteiger partial charge in [-0.15, -0.1) is 0 Å². The fraction of sp³-hybridized carbons (Fsp3) is 0.929. The second kappa shape index (κ2) is 8.48. The van der Waals surface area contributed by atoms with Crippen LogP contribution >= 0.6 is 0 Å². The number of nitrogens with two attached hydrogens (primary N) is 1. The number of nitrogens with zero attached hydrogens (tertiary/aromatic N) is 1. The van der Waals surface area contributed by atoms with Crippen LogP contribution in [0.15, 0.2) is 0 Å². The Morgan fingerprint density at radius 1 is 1.28 bits per heavy atom. The SMILES string of the molecule is CCOC(=O)CN(CC)C1CCCCCC1CN. The highest BCUT2D eigenvalue weighted by Gasteiger charge is 2.28. The summed E-state index contributed by atoms with van der Waals surface area (Å²) < 4.78 is 5.05. The lowest BCUT2D eigenvalue weighted by Crippen LogP contribution is -2.45. The van der Waals surface area contributed by atoms with E-state index in [1.807, 2.05) is 6.92 Å². The number of hydrogen-bond acceptors (Lipinski definition) is 4. The smallest absolute Gasteiger partial charge is 0.320 e. The van der Waals surface area contributed by atoms with Gasteiger partial charge in [-0.25, -0.2) is 0 Å². The molecule has 1 fully saturated rings. The van der Waals surface area contributed by atoms with E-state index in [4.69, 9.17) is 10.5 Å². The minimum absolute atomic E-state index is 0.112. The second-order valence-corrected chi connectivity index (χ2v) is 5.07. The largest absolute Gasteiger partial charge is 0.465 e. The van der Waals surface area contributed by atoms with Crippen LogP contribution in [-0.2, 0) is 9.53 Å². The average molecular weight is 256 g/mol. The highest BCUT2D eigenvalue weighted by molar-refractivity contribution is 5.71. The Hall–Kier alpha value is -0.610. The molecule has 1 aliphatic rings. The van der Waals surface area contributed by atoms with Gasteiger partial charge in [0.1, 0.15) is 0 Å². The summed E-state index contributed by atoms with van der Waals surface area (Å²) in [7, 11) is 0. The lowest BCUT2D eigenvalue weighted by Gasteiger charge is -2.34. The third-order valence-corrected chi connectivity index (χ3v) is 3.93. The molecule has 0 radical (unpaired) electrons. The number of carbonyl (C=O) groups excluding carboxylic acids is 1. The number of carbonyl (C=O) groups is 1. The van der Waals surface area contributed by atoms with Crippen molar-refractivity contribution in [1.29, 1.82) is 0 Å². The minimum atomic E-state index is -0.112. The Morgan fingerprint density at radius 3 is 2.61 bits per heavy atom. The molecule has 0 aromatic rings. The van der Waals surface area contributed by atoms with Crippen molar-refractivity contribution in [2.24, 2.45) is 11.7 Å². The molecule has 0 amide bonds. The predicted molar refractivity (Wildman–Crippen MR) is 73.3 cm³/mol. The van der Waals surface area contributed by atoms with E-state index in [1.165, 1.54) is 25.7 Å². The Morgan fingerprint density at radius 2 is 2.00 bits per heavy atom. The molecule has 4 nitrogen and oxygen atoms in total. The van der Waals surface area contributed by atoms with E-state index in [1.54, 1.807) is 0 Å². The molecule has 106 valence electrons. The third-order valence-electron chi connectivity index (χ3n) is 3.93. The standard InChI is InChI=1S/C14H28N2O2/c1-3-16(11-14(17)18-4-2)13-9-7-5-6-8-12(13)10-15/h12-13H,3-11,15H2,1-2H3. The van der Waals surface area contributed by atoms with Crippen molar-refractivity contribution in [3.8, 4) is 0 Å². The van der Waals surface area contributed by atoms with Gasteiger partial charge in [0.25, 0.3) is 0 Å². The van der Waals surface area contributed by atoms with E-state index in [0.717, 1.165) is 19.5 Å². The van der Waals surface area contributed by atoms with Crippen molar-refractivity contribution < 1.29 is 9.53 Å². The van der Waals surface area contributed by atoms with E-state index in [9.17, 15) is 4.79 Å². The highest BCUT2D eigenvalue weighted by Crippen LogP contribution is 2.26. The van der Waals surface area contributed by atoms with Crippen molar-refractivity contribution in [3.63, 3.8) is 0 Å². The Labute approximate surface area is 111 Å². The number of hydrogen-bond donors (Lipinski definition) is 1. The number of esters is 1. The summed E-state index contributed by atoms with van der Waals surface area (Å²) in [5.41, 5.74) is 5.90. The van der Waals surface area contributed by atoms with E-state index < -0.39 is 0 Å². The minimum Gasteiger partial charge on any atom is -0.465 e. The van der Waals surface area contributed by atoms with Crippen LogP contribution in [0.4, 0.5) is 0 Å². The van der Waals surface area contributed by atoms with Crippen LogP contribution < -0.4 is 5.73 Å². The highest BCUT2D eigenvalue weighted by atomic mass is 16.5. The molecule has 2 atom stereocenters. The molecule has 0 saturated heterocycles. The Balaban J connectivity index is 2.61. The van der Waals surface area contributed by atoms with Crippen molar-refractivity contribution in [2.75, 3.05) is 26.2 Å². The lowest BCUT2D eigenvalue weighted by atomic mass is 9.93. The van der Waals surface area contributed by atoms with Crippen LogP contribution in [-0.4, -0.2) is 43.2 Å². The van der Waals surface area contributed by atoms with Crippen LogP contribution in [0.25, 0.3) is 0 Å². The second-order valence-electron chi connectivity index (χ2n) is 5.07. The number of rotatable bonds is 6. The van der Waals surface area contributed by atoms with Gasteiger partial charge in [0.2, 0.25) is 0 Å². The Kier molecular flexibility index (Phi) is 7.28. The molecular weight excluding hydrogens is 228 g/mol. The van der Waals surface area contributed by atoms with Crippen molar-refractivity contribution in [1.82, 2.24) is 4.90 Å².